The zero-order valence-corrected chi connectivity index (χ0v) is 58.2. The van der Waals surface area contributed by atoms with Crippen LogP contribution in [0.15, 0.2) is 72.8 Å². The van der Waals surface area contributed by atoms with Crippen LogP contribution in [0.5, 0.6) is 0 Å². The van der Waals surface area contributed by atoms with Gasteiger partial charge in [0.2, 0.25) is 0 Å². The van der Waals surface area contributed by atoms with Crippen LogP contribution in [0.3, 0.4) is 0 Å². The van der Waals surface area contributed by atoms with E-state index in [1.54, 1.807) is 11.1 Å². The van der Waals surface area contributed by atoms with Crippen molar-refractivity contribution in [1.82, 2.24) is 39.9 Å². The summed E-state index contributed by atoms with van der Waals surface area (Å²) in [5, 5.41) is 2.89. The van der Waals surface area contributed by atoms with Crippen molar-refractivity contribution in [2.75, 3.05) is 0 Å². The summed E-state index contributed by atoms with van der Waals surface area (Å²) in [7, 11) is 0. The van der Waals surface area contributed by atoms with Gasteiger partial charge in [-0.2, -0.15) is 0 Å². The van der Waals surface area contributed by atoms with Crippen LogP contribution in [0.1, 0.15) is 322 Å². The molecule has 0 amide bonds. The van der Waals surface area contributed by atoms with E-state index in [9.17, 15) is 0 Å². The molecule has 0 spiro atoms. The van der Waals surface area contributed by atoms with E-state index in [4.69, 9.17) is 19.9 Å². The zero-order chi connectivity index (χ0) is 64.5. The van der Waals surface area contributed by atoms with Crippen molar-refractivity contribution in [2.24, 2.45) is 0 Å². The molecule has 8 nitrogen and oxygen atoms in total. The predicted molar refractivity (Wildman–Crippen MR) is 397 cm³/mol. The smallest absolute Gasteiger partial charge is 0.0693 e. The van der Waals surface area contributed by atoms with E-state index in [-0.39, 0.29) is 23.7 Å². The van der Waals surface area contributed by atoms with E-state index in [1.807, 2.05) is 0 Å². The highest BCUT2D eigenvalue weighted by Crippen LogP contribution is 2.61. The van der Waals surface area contributed by atoms with Crippen molar-refractivity contribution in [3.05, 3.63) is 185 Å². The van der Waals surface area contributed by atoms with Gasteiger partial charge in [-0.25, -0.2) is 19.9 Å². The van der Waals surface area contributed by atoms with Crippen molar-refractivity contribution in [3.8, 4) is 0 Å². The Hall–Kier alpha value is -8.10. The topological polar surface area (TPSA) is 115 Å². The Morgan fingerprint density at radius 1 is 0.298 bits per heavy atom. The largest absolute Gasteiger partial charge is 0.355 e. The average Bonchev–Trinajstić information content (AvgIpc) is 1.37. The number of aromatic amines is 4. The van der Waals surface area contributed by atoms with Gasteiger partial charge in [0.1, 0.15) is 0 Å². The molecule has 8 heteroatoms. The van der Waals surface area contributed by atoms with Gasteiger partial charge in [-0.1, -0.05) is 105 Å². The van der Waals surface area contributed by atoms with Gasteiger partial charge >= 0.3 is 0 Å². The van der Waals surface area contributed by atoms with Crippen LogP contribution in [0.25, 0.3) is 99.5 Å². The second-order valence-electron chi connectivity index (χ2n) is 28.9. The van der Waals surface area contributed by atoms with Crippen LogP contribution in [0.4, 0.5) is 0 Å². The summed E-state index contributed by atoms with van der Waals surface area (Å²) in [6, 6.07) is 29.6. The molecule has 10 heterocycles. The van der Waals surface area contributed by atoms with E-state index in [0.717, 1.165) is 174 Å². The molecule has 2 aromatic carbocycles. The molecule has 10 aliphatic rings. The molecule has 480 valence electrons. The quantitative estimate of drug-likeness (QED) is 0.0771. The van der Waals surface area contributed by atoms with Gasteiger partial charge in [0.05, 0.1) is 45.6 Å². The first kappa shape index (κ1) is 60.8. The molecule has 4 aliphatic heterocycles. The Kier molecular flexibility index (Phi) is 15.5. The van der Waals surface area contributed by atoms with Gasteiger partial charge in [0, 0.05) is 67.8 Å². The highest BCUT2D eigenvalue weighted by atomic mass is 14.8. The molecule has 20 bridgehead atoms. The van der Waals surface area contributed by atoms with E-state index in [0.29, 0.717) is 0 Å². The maximum atomic E-state index is 5.68. The number of allylic oxidation sites excluding steroid dienone is 8. The van der Waals surface area contributed by atoms with Gasteiger partial charge in [-0.3, -0.25) is 0 Å². The number of hydrogen-bond acceptors (Lipinski definition) is 4. The molecule has 0 fully saturated rings. The number of nitrogens with one attached hydrogen (secondary N) is 4. The van der Waals surface area contributed by atoms with Crippen molar-refractivity contribution >= 4 is 99.5 Å². The summed E-state index contributed by atoms with van der Waals surface area (Å²) in [4.78, 5) is 39.1. The van der Waals surface area contributed by atoms with Crippen LogP contribution < -0.4 is 0 Å². The number of unbranched alkanes of at least 4 members (excludes halogenated alkanes) is 4. The monoisotopic (exact) mass is 1240 g/mol. The van der Waals surface area contributed by atoms with Gasteiger partial charge in [-0.15, -0.1) is 0 Å². The fourth-order valence-electron chi connectivity index (χ4n) is 19.1. The molecule has 4 atom stereocenters. The predicted octanol–water partition coefficient (Wildman–Crippen LogP) is 23.6. The Labute approximate surface area is 556 Å². The van der Waals surface area contributed by atoms with Crippen LogP contribution in [-0.2, 0) is 25.7 Å². The third kappa shape index (κ3) is 9.38. The summed E-state index contributed by atoms with van der Waals surface area (Å²) in [5.41, 5.74) is 46.8. The fraction of sp³-hybridized carbons (Fsp3) is 0.419. The summed E-state index contributed by atoms with van der Waals surface area (Å²) in [5.74, 6) is 0.973. The van der Waals surface area contributed by atoms with E-state index in [2.05, 4.69) is 176 Å². The molecule has 6 aliphatic carbocycles. The lowest BCUT2D eigenvalue weighted by molar-refractivity contribution is 0.527. The molecule has 8 aromatic rings. The average molecular weight is 1240 g/mol. The molecule has 0 saturated carbocycles. The van der Waals surface area contributed by atoms with Gasteiger partial charge < -0.3 is 19.9 Å². The molecule has 4 N–H and O–H groups in total. The van der Waals surface area contributed by atoms with Gasteiger partial charge in [0.25, 0.3) is 0 Å². The lowest BCUT2D eigenvalue weighted by atomic mass is 9.60. The van der Waals surface area contributed by atoms with Crippen LogP contribution >= 0.6 is 0 Å². The molecule has 0 radical (unpaired) electrons. The third-order valence-corrected chi connectivity index (χ3v) is 23.9. The van der Waals surface area contributed by atoms with Crippen molar-refractivity contribution in [3.63, 3.8) is 0 Å². The first-order chi connectivity index (χ1) is 45.9. The second-order valence-corrected chi connectivity index (χ2v) is 28.9. The Bertz CT molecular complexity index is 4720. The molecule has 0 saturated heterocycles. The highest BCUT2D eigenvalue weighted by molar-refractivity contribution is 6.01. The SMILES string of the molecule is CCCCC1=C(C)c2cc3[nH]c(cc4nc(cc5[nH]c(cc1n2)c(CC)c5CC)C(CCCC)=C4C)c1c3C2CCC1c1c2ccc2c3c(ccc12)C1CCC3c2c1c1cc3nc(cc4[nH]c(cc5nc(cc2[nH]1)C(C)=C5CCCC)c(CC)c4CC)C(CCCC)=C3C. The summed E-state index contributed by atoms with van der Waals surface area (Å²) >= 11 is 0. The lowest BCUT2D eigenvalue weighted by Crippen LogP contribution is -2.26. The van der Waals surface area contributed by atoms with Crippen molar-refractivity contribution < 1.29 is 0 Å². The third-order valence-electron chi connectivity index (χ3n) is 23.9. The lowest BCUT2D eigenvalue weighted by Gasteiger charge is -2.42. The van der Waals surface area contributed by atoms with Gasteiger partial charge in [-0.05, 0) is 301 Å². The van der Waals surface area contributed by atoms with Crippen LogP contribution in [0.2, 0.25) is 0 Å². The minimum Gasteiger partial charge on any atom is -0.355 e. The molecule has 18 rings (SSSR count). The Morgan fingerprint density at radius 3 is 0.809 bits per heavy atom. The number of hydrogen-bond donors (Lipinski definition) is 4. The maximum Gasteiger partial charge on any atom is 0.0693 e. The number of benzene rings is 2. The van der Waals surface area contributed by atoms with Crippen LogP contribution in [-0.4, -0.2) is 39.9 Å². The Morgan fingerprint density at radius 2 is 0.543 bits per heavy atom. The second kappa shape index (κ2) is 24.0. The van der Waals surface area contributed by atoms with Crippen LogP contribution in [0, 0.1) is 0 Å². The van der Waals surface area contributed by atoms with E-state index < -0.39 is 0 Å². The molecular formula is C86H96N8. The molecular weight excluding hydrogens is 1150 g/mol. The fourth-order valence-corrected chi connectivity index (χ4v) is 19.1. The first-order valence-electron chi connectivity index (χ1n) is 36.9. The number of aromatic nitrogens is 8. The van der Waals surface area contributed by atoms with Gasteiger partial charge in [0.15, 0.2) is 0 Å². The highest BCUT2D eigenvalue weighted by Gasteiger charge is 2.45. The standard InChI is InChI=1S/C86H96N8/c1-13-21-25-53-45(9)65-37-77-83-61-33-35-63(85(83)79(93-77)39-67-47(11)55(27-23-15-3)75(89-67)43-71-51(19-7)49(17-5)69(91-71)41-73(53)87-65)81-57-30-32-60-62-34-36-64(82(60)58(57)29-31-59(61)81)86-80-40-68-48(12)56(28-24-16-4)76(90-68)44-72-52(20-8)50(18-6)70(92-72)42-74-54(26-22-14-2)46(10)66(88-74)38-78(94-80)84(62)86/h29-32,37-44,61-64,91-94H,13-28,33-36H2,1-12H3. The summed E-state index contributed by atoms with van der Waals surface area (Å²) < 4.78 is 0. The number of aryl methyl sites for hydroxylation is 4. The normalized spacial score (nSPS) is 18.6. The zero-order valence-electron chi connectivity index (χ0n) is 58.2. The maximum absolute atomic E-state index is 5.68. The number of rotatable bonds is 16. The Balaban J connectivity index is 0.914. The molecule has 6 aromatic heterocycles. The molecule has 94 heavy (non-hydrogen) atoms. The summed E-state index contributed by atoms with van der Waals surface area (Å²) in [6.45, 7) is 27.8. The summed E-state index contributed by atoms with van der Waals surface area (Å²) in [6.07, 6.45) is 21.5. The van der Waals surface area contributed by atoms with Crippen molar-refractivity contribution in [1.29, 1.82) is 0 Å². The van der Waals surface area contributed by atoms with E-state index in [1.165, 1.54) is 155 Å². The number of fused-ring (bicyclic) bond motifs is 19. The first-order valence-corrected chi connectivity index (χ1v) is 36.9. The number of nitrogens with zero attached hydrogens (tertiary/aromatic N) is 4. The van der Waals surface area contributed by atoms with E-state index >= 15 is 0 Å². The number of H-pyrrole nitrogens is 4. The van der Waals surface area contributed by atoms with Crippen molar-refractivity contribution in [2.45, 2.75) is 235 Å². The minimum absolute atomic E-state index is 0.229. The molecule has 4 unspecified atom stereocenters. The minimum atomic E-state index is 0.229.